The van der Waals surface area contributed by atoms with E-state index in [2.05, 4.69) is 38.4 Å². The van der Waals surface area contributed by atoms with Crippen LogP contribution in [0.15, 0.2) is 36.0 Å². The third-order valence-electron chi connectivity index (χ3n) is 4.90. The summed E-state index contributed by atoms with van der Waals surface area (Å²) in [5.74, 6) is 2.80. The third kappa shape index (κ3) is 2.79. The zero-order valence-electron chi connectivity index (χ0n) is 13.8. The first-order valence-corrected chi connectivity index (χ1v) is 9.40. The first-order chi connectivity index (χ1) is 12.4. The molecule has 0 amide bonds. The van der Waals surface area contributed by atoms with Crippen molar-refractivity contribution in [3.05, 3.63) is 41.5 Å². The normalized spacial score (nSPS) is 17.4. The topological polar surface area (TPSA) is 51.9 Å². The predicted molar refractivity (Wildman–Crippen MR) is 96.6 cm³/mol. The molecule has 7 heteroatoms. The average molecular weight is 355 g/mol. The number of hydrogen-bond donors (Lipinski definition) is 1. The van der Waals surface area contributed by atoms with E-state index in [9.17, 15) is 0 Å². The Morgan fingerprint density at radius 3 is 2.88 bits per heavy atom. The van der Waals surface area contributed by atoms with Crippen LogP contribution in [0.25, 0.3) is 10.2 Å². The Bertz CT molecular complexity index is 905. The number of thiophene rings is 1. The molecule has 1 saturated heterocycles. The van der Waals surface area contributed by atoms with E-state index in [0.717, 1.165) is 54.9 Å². The first-order valence-electron chi connectivity index (χ1n) is 8.52. The summed E-state index contributed by atoms with van der Waals surface area (Å²) in [6, 6.07) is 8.40. The van der Waals surface area contributed by atoms with Crippen molar-refractivity contribution in [3.63, 3.8) is 0 Å². The van der Waals surface area contributed by atoms with Crippen LogP contribution in [0.4, 0.5) is 5.82 Å². The van der Waals surface area contributed by atoms with Crippen molar-refractivity contribution in [2.45, 2.75) is 6.54 Å². The van der Waals surface area contributed by atoms with E-state index in [1.165, 1.54) is 10.9 Å². The Kier molecular flexibility index (Phi) is 3.68. The molecular formula is C18H19N4O2S+. The number of ether oxygens (including phenoxy) is 2. The van der Waals surface area contributed by atoms with Gasteiger partial charge in [-0.05, 0) is 29.6 Å². The molecule has 0 saturated carbocycles. The molecule has 0 radical (unpaired) electrons. The van der Waals surface area contributed by atoms with Crippen molar-refractivity contribution in [1.82, 2.24) is 9.97 Å². The smallest absolute Gasteiger partial charge is 0.231 e. The summed E-state index contributed by atoms with van der Waals surface area (Å²) in [4.78, 5) is 13.9. The maximum Gasteiger partial charge on any atom is 0.231 e. The van der Waals surface area contributed by atoms with Gasteiger partial charge in [0.2, 0.25) is 6.79 Å². The molecule has 5 rings (SSSR count). The average Bonchev–Trinajstić information content (AvgIpc) is 3.31. The van der Waals surface area contributed by atoms with E-state index in [1.54, 1.807) is 22.6 Å². The van der Waals surface area contributed by atoms with Crippen molar-refractivity contribution < 1.29 is 14.4 Å². The van der Waals surface area contributed by atoms with Crippen LogP contribution in [0.3, 0.4) is 0 Å². The Morgan fingerprint density at radius 1 is 1.08 bits per heavy atom. The lowest BCUT2D eigenvalue weighted by molar-refractivity contribution is -0.914. The monoisotopic (exact) mass is 355 g/mol. The molecule has 2 aromatic heterocycles. The largest absolute Gasteiger partial charge is 0.454 e. The number of piperazine rings is 1. The van der Waals surface area contributed by atoms with E-state index >= 15 is 0 Å². The van der Waals surface area contributed by atoms with Crippen molar-refractivity contribution >= 4 is 27.4 Å². The Hall–Kier alpha value is -2.38. The van der Waals surface area contributed by atoms with Crippen LogP contribution >= 0.6 is 11.3 Å². The van der Waals surface area contributed by atoms with Gasteiger partial charge in [-0.2, -0.15) is 0 Å². The van der Waals surface area contributed by atoms with Crippen molar-refractivity contribution in [2.75, 3.05) is 37.9 Å². The van der Waals surface area contributed by atoms with Crippen LogP contribution in [-0.4, -0.2) is 42.9 Å². The molecule has 0 spiro atoms. The highest BCUT2D eigenvalue weighted by Gasteiger charge is 2.23. The number of nitrogens with one attached hydrogen (secondary N) is 1. The van der Waals surface area contributed by atoms with Crippen LogP contribution in [0, 0.1) is 0 Å². The van der Waals surface area contributed by atoms with Crippen LogP contribution in [0.2, 0.25) is 0 Å². The highest BCUT2D eigenvalue weighted by atomic mass is 32.1. The van der Waals surface area contributed by atoms with Gasteiger partial charge in [0, 0.05) is 5.56 Å². The number of anilines is 1. The second-order valence-corrected chi connectivity index (χ2v) is 7.33. The minimum absolute atomic E-state index is 0.334. The number of benzene rings is 1. The molecule has 128 valence electrons. The summed E-state index contributed by atoms with van der Waals surface area (Å²) < 4.78 is 10.9. The molecule has 1 fully saturated rings. The fraction of sp³-hybridized carbons (Fsp3) is 0.333. The molecular weight excluding hydrogens is 336 g/mol. The van der Waals surface area contributed by atoms with E-state index in [-0.39, 0.29) is 0 Å². The Labute approximate surface area is 149 Å². The molecule has 3 aromatic rings. The molecule has 25 heavy (non-hydrogen) atoms. The molecule has 2 aliphatic rings. The van der Waals surface area contributed by atoms with E-state index in [4.69, 9.17) is 9.47 Å². The molecule has 4 heterocycles. The number of quaternary nitrogens is 1. The van der Waals surface area contributed by atoms with Crippen molar-refractivity contribution in [2.24, 2.45) is 0 Å². The van der Waals surface area contributed by atoms with E-state index in [1.807, 2.05) is 6.07 Å². The van der Waals surface area contributed by atoms with Gasteiger partial charge in [0.05, 0.1) is 31.6 Å². The molecule has 0 bridgehead atoms. The van der Waals surface area contributed by atoms with Gasteiger partial charge >= 0.3 is 0 Å². The van der Waals surface area contributed by atoms with Gasteiger partial charge < -0.3 is 19.3 Å². The zero-order valence-corrected chi connectivity index (χ0v) is 14.6. The van der Waals surface area contributed by atoms with Crippen molar-refractivity contribution in [3.8, 4) is 11.5 Å². The lowest BCUT2D eigenvalue weighted by atomic mass is 10.1. The third-order valence-corrected chi connectivity index (χ3v) is 5.72. The summed E-state index contributed by atoms with van der Waals surface area (Å²) in [5, 5.41) is 3.26. The van der Waals surface area contributed by atoms with Crippen LogP contribution in [0.5, 0.6) is 11.5 Å². The lowest BCUT2D eigenvalue weighted by Gasteiger charge is -2.33. The highest BCUT2D eigenvalue weighted by Crippen LogP contribution is 2.32. The maximum absolute atomic E-state index is 5.48. The number of hydrogen-bond acceptors (Lipinski definition) is 6. The number of aromatic nitrogens is 2. The van der Waals surface area contributed by atoms with Gasteiger partial charge in [-0.3, -0.25) is 0 Å². The summed E-state index contributed by atoms with van der Waals surface area (Å²) in [5.41, 5.74) is 1.30. The Balaban J connectivity index is 1.26. The Morgan fingerprint density at radius 2 is 1.96 bits per heavy atom. The molecule has 0 unspecified atom stereocenters. The second kappa shape index (κ2) is 6.16. The quantitative estimate of drug-likeness (QED) is 0.768. The summed E-state index contributed by atoms with van der Waals surface area (Å²) in [7, 11) is 0. The van der Waals surface area contributed by atoms with Gasteiger partial charge in [-0.25, -0.2) is 9.97 Å². The van der Waals surface area contributed by atoms with Gasteiger partial charge in [0.25, 0.3) is 0 Å². The lowest BCUT2D eigenvalue weighted by Crippen LogP contribution is -3.13. The van der Waals surface area contributed by atoms with Crippen LogP contribution < -0.4 is 19.3 Å². The zero-order chi connectivity index (χ0) is 16.6. The molecule has 1 N–H and O–H groups in total. The van der Waals surface area contributed by atoms with Gasteiger partial charge in [0.1, 0.15) is 23.5 Å². The van der Waals surface area contributed by atoms with Crippen LogP contribution in [0.1, 0.15) is 5.56 Å². The minimum Gasteiger partial charge on any atom is -0.454 e. The van der Waals surface area contributed by atoms with Gasteiger partial charge in [-0.15, -0.1) is 11.3 Å². The van der Waals surface area contributed by atoms with E-state index < -0.39 is 0 Å². The number of rotatable bonds is 3. The van der Waals surface area contributed by atoms with Gasteiger partial charge in [0.15, 0.2) is 11.5 Å². The summed E-state index contributed by atoms with van der Waals surface area (Å²) in [6.07, 6.45) is 1.68. The second-order valence-electron chi connectivity index (χ2n) is 6.44. The molecule has 0 atom stereocenters. The van der Waals surface area contributed by atoms with Gasteiger partial charge in [-0.1, -0.05) is 0 Å². The predicted octanol–water partition coefficient (Wildman–Crippen LogP) is 1.33. The summed E-state index contributed by atoms with van der Waals surface area (Å²) in [6.45, 7) is 5.58. The standard InChI is InChI=1S/C18H18N4O2S/c1-2-15-16(24-12-23-15)9-13(1)10-21-4-6-22(7-5-21)17-14-3-8-25-18(14)20-11-19-17/h1-3,8-9,11H,4-7,10,12H2/p+1. The first kappa shape index (κ1) is 14.9. The maximum atomic E-state index is 5.48. The SMILES string of the molecule is c1nc(N2CC[NH+](Cc3ccc4c(c3)OCO4)CC2)c2ccsc2n1. The fourth-order valence-corrected chi connectivity index (χ4v) is 4.31. The van der Waals surface area contributed by atoms with E-state index in [0.29, 0.717) is 6.79 Å². The molecule has 6 nitrogen and oxygen atoms in total. The molecule has 1 aromatic carbocycles. The minimum atomic E-state index is 0.334. The number of fused-ring (bicyclic) bond motifs is 2. The fourth-order valence-electron chi connectivity index (χ4n) is 3.58. The highest BCUT2D eigenvalue weighted by molar-refractivity contribution is 7.16. The number of nitrogens with zero attached hydrogens (tertiary/aromatic N) is 3. The molecule has 2 aliphatic heterocycles. The summed E-state index contributed by atoms with van der Waals surface area (Å²) >= 11 is 1.67. The van der Waals surface area contributed by atoms with Crippen molar-refractivity contribution in [1.29, 1.82) is 0 Å². The van der Waals surface area contributed by atoms with Crippen LogP contribution in [-0.2, 0) is 6.54 Å². The molecule has 0 aliphatic carbocycles.